The van der Waals surface area contributed by atoms with Gasteiger partial charge in [-0.1, -0.05) is 12.1 Å². The minimum Gasteiger partial charge on any atom is -0.445 e. The number of hydrogen-bond donors (Lipinski definition) is 1. The Labute approximate surface area is 179 Å². The van der Waals surface area contributed by atoms with Crippen LogP contribution in [0.4, 0.5) is 18.0 Å². The van der Waals surface area contributed by atoms with Crippen LogP contribution in [0.15, 0.2) is 30.3 Å². The molecule has 3 aliphatic heterocycles. The number of nitrogens with zero attached hydrogens (tertiary/aromatic N) is 1. The van der Waals surface area contributed by atoms with Gasteiger partial charge in [0.05, 0.1) is 6.04 Å². The fraction of sp³-hybridized carbons (Fsp3) is 0.458. The van der Waals surface area contributed by atoms with E-state index in [4.69, 9.17) is 4.74 Å². The third-order valence-electron chi connectivity index (χ3n) is 6.95. The van der Waals surface area contributed by atoms with Crippen LogP contribution in [0, 0.1) is 23.4 Å². The Morgan fingerprint density at radius 3 is 2.58 bits per heavy atom. The maximum absolute atomic E-state index is 14.3. The zero-order valence-corrected chi connectivity index (χ0v) is 17.2. The first-order valence-corrected chi connectivity index (χ1v) is 11.0. The maximum atomic E-state index is 14.3. The number of alkyl carbamates (subject to hydrolysis) is 1. The molecule has 1 amide bonds. The molecule has 4 nitrogen and oxygen atoms in total. The summed E-state index contributed by atoms with van der Waals surface area (Å²) >= 11 is 0. The van der Waals surface area contributed by atoms with Crippen LogP contribution >= 0.6 is 0 Å². The van der Waals surface area contributed by atoms with Crippen molar-refractivity contribution in [2.45, 2.75) is 44.2 Å². The number of aryl methyl sites for hydroxylation is 1. The number of rotatable bonds is 3. The summed E-state index contributed by atoms with van der Waals surface area (Å²) in [5.74, 6) is -3.47. The molecular formula is C24H25F3N2O2. The fourth-order valence-electron chi connectivity index (χ4n) is 5.22. The molecule has 31 heavy (non-hydrogen) atoms. The van der Waals surface area contributed by atoms with E-state index in [1.807, 2.05) is 6.07 Å². The van der Waals surface area contributed by atoms with E-state index < -0.39 is 23.5 Å². The number of piperidine rings is 3. The van der Waals surface area contributed by atoms with Crippen molar-refractivity contribution in [3.05, 3.63) is 58.9 Å². The van der Waals surface area contributed by atoms with E-state index in [2.05, 4.69) is 10.2 Å². The summed E-state index contributed by atoms with van der Waals surface area (Å²) in [6.07, 6.45) is 4.13. The van der Waals surface area contributed by atoms with E-state index >= 15 is 0 Å². The number of amides is 1. The highest BCUT2D eigenvalue weighted by Crippen LogP contribution is 2.35. The number of nitrogens with one attached hydrogen (secondary N) is 1. The molecule has 1 N–H and O–H groups in total. The fourth-order valence-corrected chi connectivity index (χ4v) is 5.22. The summed E-state index contributed by atoms with van der Waals surface area (Å²) < 4.78 is 47.1. The Balaban J connectivity index is 1.35. The highest BCUT2D eigenvalue weighted by Gasteiger charge is 2.37. The van der Waals surface area contributed by atoms with Gasteiger partial charge in [-0.05, 0) is 86.0 Å². The second kappa shape index (κ2) is 8.19. The summed E-state index contributed by atoms with van der Waals surface area (Å²) in [5, 5.41) is 2.99. The van der Waals surface area contributed by atoms with Crippen molar-refractivity contribution in [3.63, 3.8) is 0 Å². The average Bonchev–Trinajstić information content (AvgIpc) is 2.78. The van der Waals surface area contributed by atoms with E-state index in [0.717, 1.165) is 68.9 Å². The van der Waals surface area contributed by atoms with Crippen LogP contribution in [-0.2, 0) is 11.2 Å². The van der Waals surface area contributed by atoms with Gasteiger partial charge in [0, 0.05) is 12.1 Å². The summed E-state index contributed by atoms with van der Waals surface area (Å²) in [4.78, 5) is 15.0. The van der Waals surface area contributed by atoms with Crippen LogP contribution in [-0.4, -0.2) is 36.7 Å². The molecule has 164 valence electrons. The lowest BCUT2D eigenvalue weighted by molar-refractivity contribution is -0.0340. The normalized spacial score (nSPS) is 26.9. The van der Waals surface area contributed by atoms with Crippen molar-refractivity contribution in [2.24, 2.45) is 5.92 Å². The molecule has 0 saturated carbocycles. The lowest BCUT2D eigenvalue weighted by Crippen LogP contribution is -2.52. The van der Waals surface area contributed by atoms with Crippen LogP contribution in [0.5, 0.6) is 0 Å². The number of benzene rings is 2. The Morgan fingerprint density at radius 2 is 1.84 bits per heavy atom. The first kappa shape index (κ1) is 20.4. The van der Waals surface area contributed by atoms with E-state index in [0.29, 0.717) is 11.5 Å². The molecule has 2 bridgehead atoms. The van der Waals surface area contributed by atoms with Gasteiger partial charge in [0.1, 0.15) is 6.10 Å². The van der Waals surface area contributed by atoms with Crippen LogP contribution in [0.2, 0.25) is 0 Å². The molecule has 1 aliphatic carbocycles. The second-order valence-electron chi connectivity index (χ2n) is 8.81. The smallest absolute Gasteiger partial charge is 0.407 e. The molecular weight excluding hydrogens is 405 g/mol. The molecule has 0 aromatic heterocycles. The molecule has 6 rings (SSSR count). The number of carbonyl (C=O) groups excluding carboxylic acids is 1. The Bertz CT molecular complexity index is 1000. The highest BCUT2D eigenvalue weighted by atomic mass is 19.2. The molecule has 2 aromatic carbocycles. The standard InChI is InChI=1S/C24H25F3N2O2/c25-19-7-6-17(22(26)23(19)27)16-5-4-14-2-1-3-20(18(14)12-16)28-24(30)31-21-13-29-10-8-15(21)9-11-29/h4-7,12,15,20-21H,1-3,8-11,13H2,(H,28,30)/t20?,21-/m1/s1. The molecule has 3 fully saturated rings. The zero-order valence-electron chi connectivity index (χ0n) is 17.2. The highest BCUT2D eigenvalue weighted by molar-refractivity contribution is 5.70. The molecule has 0 spiro atoms. The third kappa shape index (κ3) is 3.91. The van der Waals surface area contributed by atoms with Crippen molar-refractivity contribution >= 4 is 6.09 Å². The lowest BCUT2D eigenvalue weighted by Gasteiger charge is -2.44. The van der Waals surface area contributed by atoms with Crippen molar-refractivity contribution in [1.82, 2.24) is 10.2 Å². The number of fused-ring (bicyclic) bond motifs is 4. The van der Waals surface area contributed by atoms with Gasteiger partial charge >= 0.3 is 6.09 Å². The predicted octanol–water partition coefficient (Wildman–Crippen LogP) is 4.97. The summed E-state index contributed by atoms with van der Waals surface area (Å²) in [6.45, 7) is 2.94. The van der Waals surface area contributed by atoms with Gasteiger partial charge in [-0.15, -0.1) is 0 Å². The van der Waals surface area contributed by atoms with E-state index in [1.54, 1.807) is 12.1 Å². The maximum Gasteiger partial charge on any atom is 0.407 e. The number of halogens is 3. The van der Waals surface area contributed by atoms with Gasteiger partial charge in [-0.3, -0.25) is 4.90 Å². The van der Waals surface area contributed by atoms with Crippen molar-refractivity contribution in [3.8, 4) is 11.1 Å². The zero-order chi connectivity index (χ0) is 21.5. The van der Waals surface area contributed by atoms with Gasteiger partial charge < -0.3 is 10.1 Å². The van der Waals surface area contributed by atoms with Crippen LogP contribution in [0.25, 0.3) is 11.1 Å². The van der Waals surface area contributed by atoms with Gasteiger partial charge in [-0.2, -0.15) is 0 Å². The van der Waals surface area contributed by atoms with Gasteiger partial charge in [-0.25, -0.2) is 18.0 Å². The van der Waals surface area contributed by atoms with Crippen LogP contribution < -0.4 is 5.32 Å². The van der Waals surface area contributed by atoms with Crippen molar-refractivity contribution < 1.29 is 22.7 Å². The largest absolute Gasteiger partial charge is 0.445 e. The first-order chi connectivity index (χ1) is 15.0. The quantitative estimate of drug-likeness (QED) is 0.700. The van der Waals surface area contributed by atoms with E-state index in [-0.39, 0.29) is 17.7 Å². The Morgan fingerprint density at radius 1 is 1.03 bits per heavy atom. The minimum absolute atomic E-state index is 0.000815. The van der Waals surface area contributed by atoms with E-state index in [1.165, 1.54) is 6.07 Å². The summed E-state index contributed by atoms with van der Waals surface area (Å²) in [5.41, 5.74) is 2.39. The van der Waals surface area contributed by atoms with E-state index in [9.17, 15) is 18.0 Å². The lowest BCUT2D eigenvalue weighted by atomic mass is 9.85. The number of ether oxygens (including phenoxy) is 1. The first-order valence-electron chi connectivity index (χ1n) is 11.0. The monoisotopic (exact) mass is 430 g/mol. The minimum atomic E-state index is -1.48. The Hall–Kier alpha value is -2.54. The second-order valence-corrected chi connectivity index (χ2v) is 8.81. The summed E-state index contributed by atoms with van der Waals surface area (Å²) in [6, 6.07) is 7.26. The predicted molar refractivity (Wildman–Crippen MR) is 110 cm³/mol. The molecule has 2 atom stereocenters. The van der Waals surface area contributed by atoms with Gasteiger partial charge in [0.25, 0.3) is 0 Å². The average molecular weight is 430 g/mol. The van der Waals surface area contributed by atoms with Crippen LogP contribution in [0.1, 0.15) is 42.9 Å². The SMILES string of the molecule is O=C(NC1CCCc2ccc(-c3ccc(F)c(F)c3F)cc21)O[C@@H]1CN2CCC1CC2. The molecule has 3 saturated heterocycles. The van der Waals surface area contributed by atoms with Crippen molar-refractivity contribution in [2.75, 3.05) is 19.6 Å². The molecule has 2 aromatic rings. The Kier molecular flexibility index (Phi) is 5.38. The third-order valence-corrected chi connectivity index (χ3v) is 6.95. The van der Waals surface area contributed by atoms with Gasteiger partial charge in [0.2, 0.25) is 0 Å². The van der Waals surface area contributed by atoms with Crippen LogP contribution in [0.3, 0.4) is 0 Å². The number of carbonyl (C=O) groups is 1. The molecule has 1 unspecified atom stereocenters. The van der Waals surface area contributed by atoms with Crippen molar-refractivity contribution in [1.29, 1.82) is 0 Å². The molecule has 4 aliphatic rings. The topological polar surface area (TPSA) is 41.6 Å². The molecule has 3 heterocycles. The molecule has 0 radical (unpaired) electrons. The summed E-state index contributed by atoms with van der Waals surface area (Å²) in [7, 11) is 0. The molecule has 7 heteroatoms. The van der Waals surface area contributed by atoms with Gasteiger partial charge in [0.15, 0.2) is 17.5 Å². The number of hydrogen-bond acceptors (Lipinski definition) is 3.